The normalized spacial score (nSPS) is 16.4. The summed E-state index contributed by atoms with van der Waals surface area (Å²) in [6.07, 6.45) is -3.84. The van der Waals surface area contributed by atoms with Gasteiger partial charge in [0.1, 0.15) is 5.82 Å². The van der Waals surface area contributed by atoms with Crippen LogP contribution in [0.3, 0.4) is 0 Å². The van der Waals surface area contributed by atoms with Gasteiger partial charge in [0.05, 0.1) is 16.3 Å². The van der Waals surface area contributed by atoms with Crippen molar-refractivity contribution in [1.82, 2.24) is 10.3 Å². The molecule has 1 fully saturated rings. The van der Waals surface area contributed by atoms with Crippen LogP contribution in [0.2, 0.25) is 5.02 Å². The zero-order valence-electron chi connectivity index (χ0n) is 17.9. The summed E-state index contributed by atoms with van der Waals surface area (Å²) in [5.74, 6) is -0.440. The van der Waals surface area contributed by atoms with E-state index in [9.17, 15) is 22.8 Å². The van der Waals surface area contributed by atoms with Crippen molar-refractivity contribution in [3.63, 3.8) is 0 Å². The standard InChI is InChI=1S/C22H24ClF3N4O2/c1-12(2)20(31)29-19-9-14(8-13(3)27-19)21(32)28-16-6-7-30(11-16)18-5-4-15(10-17(18)23)22(24,25)26/h4-5,8-10,12,16H,6-7,11H2,1-3H3,(H,28,32)(H,27,29,31)/t16-/m1/s1. The number of aromatic nitrogens is 1. The second-order valence-electron chi connectivity index (χ2n) is 8.10. The highest BCUT2D eigenvalue weighted by Gasteiger charge is 2.32. The minimum Gasteiger partial charge on any atom is -0.368 e. The van der Waals surface area contributed by atoms with E-state index in [1.54, 1.807) is 26.8 Å². The molecular formula is C22H24ClF3N4O2. The molecule has 1 saturated heterocycles. The minimum atomic E-state index is -4.46. The van der Waals surface area contributed by atoms with E-state index >= 15 is 0 Å². The van der Waals surface area contributed by atoms with E-state index in [0.29, 0.717) is 42.3 Å². The van der Waals surface area contributed by atoms with E-state index < -0.39 is 11.7 Å². The molecule has 0 bridgehead atoms. The van der Waals surface area contributed by atoms with Gasteiger partial charge in [-0.1, -0.05) is 25.4 Å². The molecule has 1 aliphatic heterocycles. The number of rotatable bonds is 5. The Morgan fingerprint density at radius 3 is 2.56 bits per heavy atom. The maximum Gasteiger partial charge on any atom is 0.416 e. The Hall–Kier alpha value is -2.81. The van der Waals surface area contributed by atoms with E-state index in [4.69, 9.17) is 11.6 Å². The van der Waals surface area contributed by atoms with Crippen LogP contribution >= 0.6 is 11.6 Å². The van der Waals surface area contributed by atoms with E-state index in [1.807, 2.05) is 4.90 Å². The van der Waals surface area contributed by atoms with Crippen molar-refractivity contribution in [2.45, 2.75) is 39.4 Å². The average Bonchev–Trinajstić information content (AvgIpc) is 3.14. The van der Waals surface area contributed by atoms with Crippen molar-refractivity contribution in [3.8, 4) is 0 Å². The van der Waals surface area contributed by atoms with Crippen molar-refractivity contribution in [2.75, 3.05) is 23.3 Å². The number of carbonyl (C=O) groups excluding carboxylic acids is 2. The molecule has 0 radical (unpaired) electrons. The summed E-state index contributed by atoms with van der Waals surface area (Å²) < 4.78 is 38.6. The molecule has 0 unspecified atom stereocenters. The highest BCUT2D eigenvalue weighted by atomic mass is 35.5. The Labute approximate surface area is 189 Å². The molecule has 0 saturated carbocycles. The van der Waals surface area contributed by atoms with Crippen LogP contribution in [-0.2, 0) is 11.0 Å². The average molecular weight is 469 g/mol. The number of benzene rings is 1. The fourth-order valence-electron chi connectivity index (χ4n) is 3.44. The summed E-state index contributed by atoms with van der Waals surface area (Å²) in [5.41, 5.74) is 0.641. The lowest BCUT2D eigenvalue weighted by Crippen LogP contribution is -2.37. The van der Waals surface area contributed by atoms with Gasteiger partial charge in [0.15, 0.2) is 0 Å². The second kappa shape index (κ2) is 9.36. The Morgan fingerprint density at radius 2 is 1.94 bits per heavy atom. The number of anilines is 2. The lowest BCUT2D eigenvalue weighted by molar-refractivity contribution is -0.137. The van der Waals surface area contributed by atoms with Gasteiger partial charge in [-0.25, -0.2) is 4.98 Å². The fraction of sp³-hybridized carbons (Fsp3) is 0.409. The lowest BCUT2D eigenvalue weighted by atomic mass is 10.1. The van der Waals surface area contributed by atoms with Gasteiger partial charge in [-0.3, -0.25) is 9.59 Å². The molecular weight excluding hydrogens is 445 g/mol. The number of nitrogens with one attached hydrogen (secondary N) is 2. The van der Waals surface area contributed by atoms with Gasteiger partial charge in [-0.15, -0.1) is 0 Å². The molecule has 32 heavy (non-hydrogen) atoms. The summed E-state index contributed by atoms with van der Waals surface area (Å²) in [7, 11) is 0. The van der Waals surface area contributed by atoms with Crippen molar-refractivity contribution in [1.29, 1.82) is 0 Å². The Kier molecular flexibility index (Phi) is 6.97. The quantitative estimate of drug-likeness (QED) is 0.669. The third kappa shape index (κ3) is 5.70. The van der Waals surface area contributed by atoms with Gasteiger partial charge in [0, 0.05) is 36.3 Å². The largest absolute Gasteiger partial charge is 0.416 e. The maximum atomic E-state index is 12.9. The van der Waals surface area contributed by atoms with Crippen LogP contribution in [0.4, 0.5) is 24.7 Å². The first kappa shape index (κ1) is 23.8. The third-order valence-electron chi connectivity index (χ3n) is 5.13. The van der Waals surface area contributed by atoms with Crippen molar-refractivity contribution in [2.24, 2.45) is 5.92 Å². The Bertz CT molecular complexity index is 1030. The molecule has 1 aliphatic rings. The number of alkyl halides is 3. The predicted octanol–water partition coefficient (Wildman–Crippen LogP) is 4.67. The molecule has 2 aromatic rings. The molecule has 2 heterocycles. The molecule has 2 N–H and O–H groups in total. The van der Waals surface area contributed by atoms with Crippen LogP contribution in [0.5, 0.6) is 0 Å². The second-order valence-corrected chi connectivity index (χ2v) is 8.50. The highest BCUT2D eigenvalue weighted by molar-refractivity contribution is 6.33. The summed E-state index contributed by atoms with van der Waals surface area (Å²) >= 11 is 6.09. The molecule has 1 atom stereocenters. The van der Waals surface area contributed by atoms with Crippen LogP contribution in [0.25, 0.3) is 0 Å². The number of aryl methyl sites for hydroxylation is 1. The molecule has 172 valence electrons. The molecule has 0 aliphatic carbocycles. The number of hydrogen-bond acceptors (Lipinski definition) is 4. The summed E-state index contributed by atoms with van der Waals surface area (Å²) in [4.78, 5) is 30.8. The zero-order chi connectivity index (χ0) is 23.6. The molecule has 2 amide bonds. The van der Waals surface area contributed by atoms with Crippen LogP contribution in [0.15, 0.2) is 30.3 Å². The van der Waals surface area contributed by atoms with E-state index in [1.165, 1.54) is 12.1 Å². The van der Waals surface area contributed by atoms with Crippen molar-refractivity contribution < 1.29 is 22.8 Å². The first-order valence-electron chi connectivity index (χ1n) is 10.2. The smallest absolute Gasteiger partial charge is 0.368 e. The molecule has 3 rings (SSSR count). The summed E-state index contributed by atoms with van der Waals surface area (Å²) in [6.45, 7) is 6.20. The third-order valence-corrected chi connectivity index (χ3v) is 5.43. The SMILES string of the molecule is Cc1cc(C(=O)N[C@@H]2CCN(c3ccc(C(F)(F)F)cc3Cl)C2)cc(NC(=O)C(C)C)n1. The van der Waals surface area contributed by atoms with Gasteiger partial charge >= 0.3 is 6.18 Å². The summed E-state index contributed by atoms with van der Waals surface area (Å²) in [5, 5.41) is 5.64. The first-order valence-corrected chi connectivity index (χ1v) is 10.5. The van der Waals surface area contributed by atoms with Crippen molar-refractivity contribution >= 4 is 34.9 Å². The molecule has 6 nitrogen and oxygen atoms in total. The monoisotopic (exact) mass is 468 g/mol. The molecule has 1 aromatic heterocycles. The van der Waals surface area contributed by atoms with Gasteiger partial charge < -0.3 is 15.5 Å². The van der Waals surface area contributed by atoms with Crippen molar-refractivity contribution in [3.05, 3.63) is 52.2 Å². The van der Waals surface area contributed by atoms with E-state index in [-0.39, 0.29) is 28.8 Å². The first-order chi connectivity index (χ1) is 14.9. The van der Waals surface area contributed by atoms with Gasteiger partial charge in [-0.2, -0.15) is 13.2 Å². The van der Waals surface area contributed by atoms with E-state index in [0.717, 1.165) is 12.1 Å². The number of pyridine rings is 1. The number of nitrogens with zero attached hydrogens (tertiary/aromatic N) is 2. The molecule has 1 aromatic carbocycles. The number of amides is 2. The number of hydrogen-bond donors (Lipinski definition) is 2. The molecule has 0 spiro atoms. The summed E-state index contributed by atoms with van der Waals surface area (Å²) in [6, 6.07) is 6.20. The van der Waals surface area contributed by atoms with Crippen LogP contribution in [-0.4, -0.2) is 35.9 Å². The zero-order valence-corrected chi connectivity index (χ0v) is 18.6. The highest BCUT2D eigenvalue weighted by Crippen LogP contribution is 2.36. The Morgan fingerprint density at radius 1 is 1.22 bits per heavy atom. The molecule has 10 heteroatoms. The number of halogens is 4. The van der Waals surface area contributed by atoms with E-state index in [2.05, 4.69) is 15.6 Å². The van der Waals surface area contributed by atoms with Gasteiger partial charge in [-0.05, 0) is 43.7 Å². The lowest BCUT2D eigenvalue weighted by Gasteiger charge is -2.21. The predicted molar refractivity (Wildman–Crippen MR) is 117 cm³/mol. The van der Waals surface area contributed by atoms with Gasteiger partial charge in [0.25, 0.3) is 5.91 Å². The van der Waals surface area contributed by atoms with Crippen LogP contribution in [0, 0.1) is 12.8 Å². The van der Waals surface area contributed by atoms with Crippen LogP contribution < -0.4 is 15.5 Å². The maximum absolute atomic E-state index is 12.9. The van der Waals surface area contributed by atoms with Crippen LogP contribution in [0.1, 0.15) is 41.9 Å². The topological polar surface area (TPSA) is 74.3 Å². The number of carbonyl (C=O) groups is 2. The van der Waals surface area contributed by atoms with Gasteiger partial charge in [0.2, 0.25) is 5.91 Å². The fourth-order valence-corrected chi connectivity index (χ4v) is 3.74. The minimum absolute atomic E-state index is 0.0158. The Balaban J connectivity index is 1.66.